The van der Waals surface area contributed by atoms with E-state index in [2.05, 4.69) is 4.98 Å². The molecule has 0 aromatic carbocycles. The number of aryl methyl sites for hydroxylation is 2. The maximum absolute atomic E-state index is 12.7. The highest BCUT2D eigenvalue weighted by atomic mass is 32.2. The lowest BCUT2D eigenvalue weighted by molar-refractivity contribution is -0.0945. The van der Waals surface area contributed by atoms with E-state index in [0.29, 0.717) is 12.4 Å². The van der Waals surface area contributed by atoms with E-state index in [-0.39, 0.29) is 5.03 Å². The van der Waals surface area contributed by atoms with E-state index in [1.807, 2.05) is 6.92 Å². The summed E-state index contributed by atoms with van der Waals surface area (Å²) in [5.41, 5.74) is 0. The molecule has 8 heteroatoms. The van der Waals surface area contributed by atoms with Gasteiger partial charge in [-0.3, -0.25) is 0 Å². The van der Waals surface area contributed by atoms with Crippen molar-refractivity contribution < 1.29 is 17.2 Å². The van der Waals surface area contributed by atoms with Crippen molar-refractivity contribution >= 4 is 10.0 Å². The van der Waals surface area contributed by atoms with Gasteiger partial charge in [0.2, 0.25) is 0 Å². The number of sulfonamides is 1. The van der Waals surface area contributed by atoms with Gasteiger partial charge >= 0.3 is 0 Å². The molecule has 0 N–H and O–H groups in total. The maximum Gasteiger partial charge on any atom is 0.275 e. The zero-order valence-electron chi connectivity index (χ0n) is 9.52. The topological polar surface area (TPSA) is 55.2 Å². The lowest BCUT2D eigenvalue weighted by atomic mass is 10.2. The van der Waals surface area contributed by atoms with Crippen LogP contribution in [-0.2, 0) is 16.6 Å². The summed E-state index contributed by atoms with van der Waals surface area (Å²) in [7, 11) is -3.86. The van der Waals surface area contributed by atoms with Gasteiger partial charge < -0.3 is 4.57 Å². The van der Waals surface area contributed by atoms with Crippen molar-refractivity contribution in [3.8, 4) is 0 Å². The highest BCUT2D eigenvalue weighted by molar-refractivity contribution is 7.89. The summed E-state index contributed by atoms with van der Waals surface area (Å²) in [6.07, 6.45) is 1.38. The molecule has 0 spiro atoms. The highest BCUT2D eigenvalue weighted by Crippen LogP contribution is 2.31. The van der Waals surface area contributed by atoms with Crippen molar-refractivity contribution in [2.75, 3.05) is 13.1 Å². The summed E-state index contributed by atoms with van der Waals surface area (Å²) in [6.45, 7) is 2.60. The lowest BCUT2D eigenvalue weighted by Crippen LogP contribution is -2.58. The van der Waals surface area contributed by atoms with E-state index in [9.17, 15) is 17.2 Å². The fourth-order valence-corrected chi connectivity index (χ4v) is 3.19. The highest BCUT2D eigenvalue weighted by Gasteiger charge is 2.50. The summed E-state index contributed by atoms with van der Waals surface area (Å²) >= 11 is 0. The van der Waals surface area contributed by atoms with E-state index in [4.69, 9.17) is 0 Å². The first-order valence-corrected chi connectivity index (χ1v) is 6.62. The number of aromatic nitrogens is 2. The van der Waals surface area contributed by atoms with E-state index in [1.54, 1.807) is 11.5 Å². The van der Waals surface area contributed by atoms with Gasteiger partial charge in [0.15, 0.2) is 5.03 Å². The lowest BCUT2D eigenvalue weighted by Gasteiger charge is -2.36. The minimum absolute atomic E-state index is 0.160. The molecule has 0 unspecified atom stereocenters. The first-order chi connectivity index (χ1) is 7.76. The third-order valence-electron chi connectivity index (χ3n) is 2.71. The number of halogens is 2. The Balaban J connectivity index is 2.27. The summed E-state index contributed by atoms with van der Waals surface area (Å²) in [5, 5.41) is -0.160. The van der Waals surface area contributed by atoms with Crippen LogP contribution in [0.5, 0.6) is 0 Å². The molecule has 2 rings (SSSR count). The van der Waals surface area contributed by atoms with Crippen LogP contribution in [0.1, 0.15) is 12.7 Å². The second-order valence-electron chi connectivity index (χ2n) is 4.04. The van der Waals surface area contributed by atoms with Crippen LogP contribution in [0.2, 0.25) is 0 Å². The predicted octanol–water partition coefficient (Wildman–Crippen LogP) is 0.851. The third kappa shape index (κ3) is 2.06. The van der Waals surface area contributed by atoms with Gasteiger partial charge in [0.25, 0.3) is 15.9 Å². The molecule has 17 heavy (non-hydrogen) atoms. The van der Waals surface area contributed by atoms with Gasteiger partial charge in [-0.15, -0.1) is 0 Å². The molecule has 1 aliphatic heterocycles. The molecule has 0 atom stereocenters. The number of hydrogen-bond acceptors (Lipinski definition) is 3. The minimum atomic E-state index is -3.86. The Labute approximate surface area is 98.1 Å². The Hall–Kier alpha value is -1.02. The first kappa shape index (κ1) is 12.4. The second kappa shape index (κ2) is 3.74. The summed E-state index contributed by atoms with van der Waals surface area (Å²) < 4.78 is 51.5. The van der Waals surface area contributed by atoms with Crippen molar-refractivity contribution in [1.29, 1.82) is 0 Å². The monoisotopic (exact) mass is 265 g/mol. The van der Waals surface area contributed by atoms with Gasteiger partial charge in [-0.2, -0.15) is 4.31 Å². The van der Waals surface area contributed by atoms with Crippen molar-refractivity contribution in [2.24, 2.45) is 0 Å². The van der Waals surface area contributed by atoms with Crippen LogP contribution in [0.3, 0.4) is 0 Å². The smallest absolute Gasteiger partial charge is 0.275 e. The van der Waals surface area contributed by atoms with Crippen molar-refractivity contribution in [3.63, 3.8) is 0 Å². The molecule has 96 valence electrons. The molecule has 0 bridgehead atoms. The zero-order chi connectivity index (χ0) is 12.8. The molecule has 1 aliphatic rings. The van der Waals surface area contributed by atoms with Crippen LogP contribution in [0, 0.1) is 6.92 Å². The molecule has 2 heterocycles. The fraction of sp³-hybridized carbons (Fsp3) is 0.667. The largest absolute Gasteiger partial charge is 0.334 e. The van der Waals surface area contributed by atoms with Crippen molar-refractivity contribution in [2.45, 2.75) is 31.3 Å². The summed E-state index contributed by atoms with van der Waals surface area (Å²) in [4.78, 5) is 3.89. The Kier molecular flexibility index (Phi) is 2.74. The number of alkyl halides is 2. The number of imidazole rings is 1. The molecule has 1 aromatic rings. The average molecular weight is 265 g/mol. The van der Waals surface area contributed by atoms with Gasteiger partial charge in [-0.25, -0.2) is 22.2 Å². The molecule has 1 saturated heterocycles. The minimum Gasteiger partial charge on any atom is -0.334 e. The summed E-state index contributed by atoms with van der Waals surface area (Å²) in [6, 6.07) is 0. The standard InChI is InChI=1S/C9H13F2N3O2S/c1-3-13-4-8(12-7(13)2)17(15,16)14-5-9(10,11)6-14/h4H,3,5-6H2,1-2H3. The number of rotatable bonds is 3. The second-order valence-corrected chi connectivity index (χ2v) is 5.93. The van der Waals surface area contributed by atoms with Crippen LogP contribution >= 0.6 is 0 Å². The van der Waals surface area contributed by atoms with E-state index < -0.39 is 29.0 Å². The van der Waals surface area contributed by atoms with E-state index >= 15 is 0 Å². The van der Waals surface area contributed by atoms with E-state index in [0.717, 1.165) is 4.31 Å². The normalized spacial score (nSPS) is 20.2. The quantitative estimate of drug-likeness (QED) is 0.814. The number of nitrogens with zero attached hydrogens (tertiary/aromatic N) is 3. The zero-order valence-corrected chi connectivity index (χ0v) is 10.3. The average Bonchev–Trinajstić information content (AvgIpc) is 2.56. The predicted molar refractivity (Wildman–Crippen MR) is 56.3 cm³/mol. The van der Waals surface area contributed by atoms with Gasteiger partial charge in [-0.1, -0.05) is 0 Å². The van der Waals surface area contributed by atoms with Crippen LogP contribution in [0.4, 0.5) is 8.78 Å². The number of hydrogen-bond donors (Lipinski definition) is 0. The van der Waals surface area contributed by atoms with Crippen LogP contribution in [0.15, 0.2) is 11.2 Å². The molecular formula is C9H13F2N3O2S. The van der Waals surface area contributed by atoms with Crippen LogP contribution in [0.25, 0.3) is 0 Å². The Morgan fingerprint density at radius 3 is 2.47 bits per heavy atom. The van der Waals surface area contributed by atoms with Gasteiger partial charge in [-0.05, 0) is 13.8 Å². The van der Waals surface area contributed by atoms with E-state index in [1.165, 1.54) is 6.20 Å². The molecular weight excluding hydrogens is 252 g/mol. The SMILES string of the molecule is CCn1cc(S(=O)(=O)N2CC(F)(F)C2)nc1C. The summed E-state index contributed by atoms with van der Waals surface area (Å²) in [5.74, 6) is -2.35. The van der Waals surface area contributed by atoms with Crippen molar-refractivity contribution in [3.05, 3.63) is 12.0 Å². The molecule has 1 aromatic heterocycles. The Morgan fingerprint density at radius 1 is 1.47 bits per heavy atom. The Bertz CT molecular complexity index is 530. The molecule has 1 fully saturated rings. The molecule has 0 aliphatic carbocycles. The third-order valence-corrected chi connectivity index (χ3v) is 4.38. The van der Waals surface area contributed by atoms with Crippen LogP contribution in [-0.4, -0.2) is 41.3 Å². The first-order valence-electron chi connectivity index (χ1n) is 5.18. The van der Waals surface area contributed by atoms with Crippen molar-refractivity contribution in [1.82, 2.24) is 13.9 Å². The molecule has 0 amide bonds. The van der Waals surface area contributed by atoms with Gasteiger partial charge in [0.1, 0.15) is 5.82 Å². The Morgan fingerprint density at radius 2 is 2.06 bits per heavy atom. The van der Waals surface area contributed by atoms with Gasteiger partial charge in [0.05, 0.1) is 13.1 Å². The molecule has 5 nitrogen and oxygen atoms in total. The van der Waals surface area contributed by atoms with Crippen LogP contribution < -0.4 is 0 Å². The molecule has 0 saturated carbocycles. The van der Waals surface area contributed by atoms with Gasteiger partial charge in [0, 0.05) is 12.7 Å². The molecule has 0 radical (unpaired) electrons. The maximum atomic E-state index is 12.7. The fourth-order valence-electron chi connectivity index (χ4n) is 1.70.